The van der Waals surface area contributed by atoms with Crippen molar-refractivity contribution in [3.8, 4) is 11.5 Å². The normalized spacial score (nSPS) is 14.9. The molecule has 1 atom stereocenters. The topological polar surface area (TPSA) is 44.5 Å². The van der Waals surface area contributed by atoms with Gasteiger partial charge in [-0.25, -0.2) is 0 Å². The van der Waals surface area contributed by atoms with Crippen LogP contribution in [0, 0.1) is 0 Å². The zero-order chi connectivity index (χ0) is 11.8. The number of hydrogen-bond donors (Lipinski definition) is 1. The van der Waals surface area contributed by atoms with E-state index in [2.05, 4.69) is 0 Å². The van der Waals surface area contributed by atoms with Gasteiger partial charge in [-0.05, 0) is 29.8 Å². The Morgan fingerprint density at radius 2 is 2.00 bits per heavy atom. The fraction of sp³-hybridized carbons (Fsp3) is 0.167. The van der Waals surface area contributed by atoms with E-state index in [0.29, 0.717) is 0 Å². The molecular formula is C12H10ClNO2S. The molecule has 0 fully saturated rings. The van der Waals surface area contributed by atoms with E-state index in [1.165, 1.54) is 11.3 Å². The molecule has 17 heavy (non-hydrogen) atoms. The summed E-state index contributed by atoms with van der Waals surface area (Å²) in [6.45, 7) is 0.277. The summed E-state index contributed by atoms with van der Waals surface area (Å²) in [6, 6.07) is 9.37. The van der Waals surface area contributed by atoms with E-state index in [1.807, 2.05) is 30.3 Å². The Hall–Kier alpha value is -1.23. The molecule has 0 bridgehead atoms. The molecule has 1 unspecified atom stereocenters. The highest BCUT2D eigenvalue weighted by Gasteiger charge is 2.17. The number of fused-ring (bicyclic) bond motifs is 1. The summed E-state index contributed by atoms with van der Waals surface area (Å²) in [4.78, 5) is 1.04. The maximum atomic E-state index is 6.18. The molecule has 88 valence electrons. The van der Waals surface area contributed by atoms with E-state index in [4.69, 9.17) is 26.8 Å². The summed E-state index contributed by atoms with van der Waals surface area (Å²) in [6.07, 6.45) is 0. The van der Waals surface area contributed by atoms with Crippen LogP contribution in [-0.4, -0.2) is 6.79 Å². The summed E-state index contributed by atoms with van der Waals surface area (Å²) in [5.41, 5.74) is 7.17. The smallest absolute Gasteiger partial charge is 0.231 e. The third kappa shape index (κ3) is 1.99. The van der Waals surface area contributed by atoms with Crippen molar-refractivity contribution >= 4 is 22.9 Å². The van der Waals surface area contributed by atoms with Gasteiger partial charge in [0.1, 0.15) is 0 Å². The average Bonchev–Trinajstić information content (AvgIpc) is 2.95. The van der Waals surface area contributed by atoms with Crippen LogP contribution in [0.25, 0.3) is 0 Å². The molecule has 1 aromatic carbocycles. The molecule has 0 spiro atoms. The lowest BCUT2D eigenvalue weighted by molar-refractivity contribution is 0.174. The number of ether oxygens (including phenoxy) is 2. The van der Waals surface area contributed by atoms with E-state index in [-0.39, 0.29) is 12.8 Å². The number of benzene rings is 1. The third-order valence-electron chi connectivity index (χ3n) is 2.66. The lowest BCUT2D eigenvalue weighted by Gasteiger charge is -2.10. The summed E-state index contributed by atoms with van der Waals surface area (Å²) in [5.74, 6) is 1.52. The van der Waals surface area contributed by atoms with Crippen LogP contribution in [-0.2, 0) is 0 Å². The first-order valence-electron chi connectivity index (χ1n) is 5.14. The Labute approximate surface area is 108 Å². The minimum Gasteiger partial charge on any atom is -0.454 e. The number of thiophene rings is 1. The molecule has 1 aliphatic heterocycles. The first kappa shape index (κ1) is 10.9. The van der Waals surface area contributed by atoms with Crippen molar-refractivity contribution in [2.45, 2.75) is 6.04 Å². The molecule has 2 N–H and O–H groups in total. The van der Waals surface area contributed by atoms with Crippen molar-refractivity contribution in [2.75, 3.05) is 6.79 Å². The van der Waals surface area contributed by atoms with Crippen molar-refractivity contribution in [1.29, 1.82) is 0 Å². The van der Waals surface area contributed by atoms with Crippen molar-refractivity contribution in [3.05, 3.63) is 45.1 Å². The van der Waals surface area contributed by atoms with E-state index in [1.54, 1.807) is 0 Å². The fourth-order valence-corrected chi connectivity index (χ4v) is 2.86. The molecule has 0 saturated carbocycles. The second kappa shape index (κ2) is 4.22. The monoisotopic (exact) mass is 267 g/mol. The van der Waals surface area contributed by atoms with Gasteiger partial charge < -0.3 is 15.2 Å². The quantitative estimate of drug-likeness (QED) is 0.909. The van der Waals surface area contributed by atoms with Gasteiger partial charge in [-0.2, -0.15) is 0 Å². The molecule has 3 rings (SSSR count). The second-order valence-electron chi connectivity index (χ2n) is 3.73. The van der Waals surface area contributed by atoms with Crippen LogP contribution >= 0.6 is 22.9 Å². The highest BCUT2D eigenvalue weighted by molar-refractivity contribution is 7.16. The predicted molar refractivity (Wildman–Crippen MR) is 67.9 cm³/mol. The molecule has 0 aliphatic carbocycles. The zero-order valence-electron chi connectivity index (χ0n) is 8.85. The minimum atomic E-state index is -0.179. The van der Waals surface area contributed by atoms with Gasteiger partial charge >= 0.3 is 0 Å². The third-order valence-corrected chi connectivity index (χ3v) is 3.97. The molecular weight excluding hydrogens is 258 g/mol. The number of hydrogen-bond acceptors (Lipinski definition) is 4. The molecule has 0 saturated heterocycles. The Balaban J connectivity index is 1.94. The minimum absolute atomic E-state index is 0.179. The van der Waals surface area contributed by atoms with Crippen LogP contribution < -0.4 is 15.2 Å². The van der Waals surface area contributed by atoms with Crippen molar-refractivity contribution < 1.29 is 9.47 Å². The molecule has 1 aromatic heterocycles. The molecule has 1 aliphatic rings. The Morgan fingerprint density at radius 1 is 1.18 bits per heavy atom. The Kier molecular flexibility index (Phi) is 2.70. The second-order valence-corrected chi connectivity index (χ2v) is 5.48. The van der Waals surface area contributed by atoms with Crippen molar-refractivity contribution in [3.63, 3.8) is 0 Å². The van der Waals surface area contributed by atoms with Gasteiger partial charge in [0.05, 0.1) is 10.4 Å². The lowest BCUT2D eigenvalue weighted by Crippen LogP contribution is -2.09. The highest BCUT2D eigenvalue weighted by Crippen LogP contribution is 2.36. The number of nitrogens with two attached hydrogens (primary N) is 1. The number of halogens is 1. The zero-order valence-corrected chi connectivity index (χ0v) is 10.4. The van der Waals surface area contributed by atoms with Gasteiger partial charge in [-0.1, -0.05) is 17.7 Å². The maximum Gasteiger partial charge on any atom is 0.231 e. The average molecular weight is 268 g/mol. The van der Waals surface area contributed by atoms with Gasteiger partial charge in [0, 0.05) is 4.88 Å². The van der Waals surface area contributed by atoms with Crippen LogP contribution in [0.5, 0.6) is 11.5 Å². The van der Waals surface area contributed by atoms with Crippen LogP contribution in [0.2, 0.25) is 4.34 Å². The summed E-state index contributed by atoms with van der Waals surface area (Å²) in [5, 5.41) is 0. The van der Waals surface area contributed by atoms with E-state index in [9.17, 15) is 0 Å². The van der Waals surface area contributed by atoms with E-state index >= 15 is 0 Å². The van der Waals surface area contributed by atoms with E-state index < -0.39 is 0 Å². The van der Waals surface area contributed by atoms with E-state index in [0.717, 1.165) is 26.3 Å². The fourth-order valence-electron chi connectivity index (χ4n) is 1.77. The standard InChI is InChI=1S/C12H10ClNO2S/c13-11-4-3-10(17-11)12(14)7-1-2-8-9(5-7)16-6-15-8/h1-5,12H,6,14H2. The molecule has 5 heteroatoms. The number of rotatable bonds is 2. The molecule has 2 heterocycles. The summed E-state index contributed by atoms with van der Waals surface area (Å²) in [7, 11) is 0. The Morgan fingerprint density at radius 3 is 2.76 bits per heavy atom. The molecule has 3 nitrogen and oxygen atoms in total. The molecule has 2 aromatic rings. The largest absolute Gasteiger partial charge is 0.454 e. The Bertz CT molecular complexity index is 555. The van der Waals surface area contributed by atoms with Gasteiger partial charge in [0.15, 0.2) is 11.5 Å². The van der Waals surface area contributed by atoms with Crippen molar-refractivity contribution in [1.82, 2.24) is 0 Å². The first-order valence-corrected chi connectivity index (χ1v) is 6.34. The lowest BCUT2D eigenvalue weighted by atomic mass is 10.1. The first-order chi connectivity index (χ1) is 8.24. The molecule has 0 amide bonds. The van der Waals surface area contributed by atoms with Gasteiger partial charge in [0.2, 0.25) is 6.79 Å². The highest BCUT2D eigenvalue weighted by atomic mass is 35.5. The van der Waals surface area contributed by atoms with Crippen LogP contribution in [0.15, 0.2) is 30.3 Å². The van der Waals surface area contributed by atoms with Crippen LogP contribution in [0.3, 0.4) is 0 Å². The SMILES string of the molecule is NC(c1ccc2c(c1)OCO2)c1ccc(Cl)s1. The predicted octanol–water partition coefficient (Wildman–Crippen LogP) is 3.18. The van der Waals surface area contributed by atoms with Gasteiger partial charge in [0.25, 0.3) is 0 Å². The summed E-state index contributed by atoms with van der Waals surface area (Å²) >= 11 is 7.40. The van der Waals surface area contributed by atoms with Gasteiger partial charge in [-0.3, -0.25) is 0 Å². The maximum absolute atomic E-state index is 6.18. The van der Waals surface area contributed by atoms with Crippen LogP contribution in [0.4, 0.5) is 0 Å². The van der Waals surface area contributed by atoms with Crippen LogP contribution in [0.1, 0.15) is 16.5 Å². The molecule has 0 radical (unpaired) electrons. The summed E-state index contributed by atoms with van der Waals surface area (Å²) < 4.78 is 11.3. The van der Waals surface area contributed by atoms with Crippen molar-refractivity contribution in [2.24, 2.45) is 5.73 Å². The van der Waals surface area contributed by atoms with Gasteiger partial charge in [-0.15, -0.1) is 11.3 Å².